The van der Waals surface area contributed by atoms with Gasteiger partial charge in [0, 0.05) is 18.1 Å². The van der Waals surface area contributed by atoms with E-state index in [0.717, 1.165) is 0 Å². The lowest BCUT2D eigenvalue weighted by Crippen LogP contribution is -2.24. The quantitative estimate of drug-likeness (QED) is 0.443. The van der Waals surface area contributed by atoms with Gasteiger partial charge in [0.25, 0.3) is 5.56 Å². The summed E-state index contributed by atoms with van der Waals surface area (Å²) in [6.07, 6.45) is 1.38. The zero-order valence-electron chi connectivity index (χ0n) is 17.1. The number of hydrogen-bond acceptors (Lipinski definition) is 6. The second-order valence-corrected chi connectivity index (χ2v) is 8.84. The van der Waals surface area contributed by atoms with E-state index in [0.29, 0.717) is 27.9 Å². The molecule has 0 saturated carbocycles. The number of carbonyl (C=O) groups excluding carboxylic acids is 1. The normalized spacial score (nSPS) is 11.5. The van der Waals surface area contributed by atoms with Gasteiger partial charge in [0.2, 0.25) is 15.9 Å². The number of carbonyl (C=O) groups is 1. The fourth-order valence-electron chi connectivity index (χ4n) is 3.27. The maximum absolute atomic E-state index is 12.6. The first-order chi connectivity index (χ1) is 15.3. The van der Waals surface area contributed by atoms with Crippen LogP contribution in [0.2, 0.25) is 0 Å². The van der Waals surface area contributed by atoms with Gasteiger partial charge < -0.3 is 9.73 Å². The maximum Gasteiger partial charge on any atom is 0.274 e. The Hall–Kier alpha value is -3.76. The molecule has 0 radical (unpaired) electrons. The van der Waals surface area contributed by atoms with Gasteiger partial charge in [0.05, 0.1) is 35.2 Å². The van der Waals surface area contributed by atoms with E-state index < -0.39 is 10.0 Å². The monoisotopic (exact) mass is 452 g/mol. The summed E-state index contributed by atoms with van der Waals surface area (Å²) in [5.41, 5.74) is 0.527. The number of nitrogens with one attached hydrogen (secondary N) is 2. The van der Waals surface area contributed by atoms with Crippen LogP contribution in [0.3, 0.4) is 0 Å². The fraction of sp³-hybridized carbons (Fsp3) is 0.136. The van der Waals surface area contributed by atoms with Gasteiger partial charge in [-0.25, -0.2) is 17.8 Å². The van der Waals surface area contributed by atoms with E-state index in [-0.39, 0.29) is 29.3 Å². The largest absolute Gasteiger partial charge is 0.468 e. The zero-order valence-corrected chi connectivity index (χ0v) is 17.9. The van der Waals surface area contributed by atoms with Crippen molar-refractivity contribution in [1.82, 2.24) is 14.5 Å². The lowest BCUT2D eigenvalue weighted by atomic mass is 10.1. The summed E-state index contributed by atoms with van der Waals surface area (Å²) in [5, 5.41) is 7.99. The van der Waals surface area contributed by atoms with Crippen LogP contribution >= 0.6 is 0 Å². The summed E-state index contributed by atoms with van der Waals surface area (Å²) in [5.74, 6) is 0.0921. The molecule has 2 N–H and O–H groups in total. The van der Waals surface area contributed by atoms with Gasteiger partial charge in [-0.05, 0) is 36.4 Å². The topological polar surface area (TPSA) is 123 Å². The maximum atomic E-state index is 12.6. The molecule has 0 aliphatic rings. The summed E-state index contributed by atoms with van der Waals surface area (Å²) in [4.78, 5) is 24.9. The van der Waals surface area contributed by atoms with E-state index in [2.05, 4.69) is 15.1 Å². The molecule has 0 fully saturated rings. The second-order valence-electron chi connectivity index (χ2n) is 7.08. The summed E-state index contributed by atoms with van der Waals surface area (Å²) in [6.45, 7) is 0.0113. The molecule has 0 bridgehead atoms. The van der Waals surface area contributed by atoms with Crippen LogP contribution in [0.15, 0.2) is 81.0 Å². The number of furan rings is 1. The van der Waals surface area contributed by atoms with Crippen LogP contribution in [-0.4, -0.2) is 24.1 Å². The SMILES string of the molecule is Cn1nc(CC(=O)Nc2cccc(S(=O)(=O)NCc3ccco3)c2)c2ccccc2c1=O. The molecule has 1 amide bonds. The first kappa shape index (κ1) is 21.5. The van der Waals surface area contributed by atoms with Crippen molar-refractivity contribution in [2.75, 3.05) is 5.32 Å². The van der Waals surface area contributed by atoms with Crippen LogP contribution in [0, 0.1) is 0 Å². The Balaban J connectivity index is 1.51. The van der Waals surface area contributed by atoms with Crippen molar-refractivity contribution in [2.24, 2.45) is 7.05 Å². The summed E-state index contributed by atoms with van der Waals surface area (Å²) >= 11 is 0. The predicted octanol–water partition coefficient (Wildman–Crippen LogP) is 2.19. The lowest BCUT2D eigenvalue weighted by molar-refractivity contribution is -0.115. The highest BCUT2D eigenvalue weighted by Gasteiger charge is 2.16. The minimum atomic E-state index is -3.80. The minimum Gasteiger partial charge on any atom is -0.468 e. The van der Waals surface area contributed by atoms with E-state index in [9.17, 15) is 18.0 Å². The first-order valence-corrected chi connectivity index (χ1v) is 11.2. The molecule has 0 atom stereocenters. The van der Waals surface area contributed by atoms with Crippen LogP contribution in [0.1, 0.15) is 11.5 Å². The summed E-state index contributed by atoms with van der Waals surface area (Å²) in [7, 11) is -2.28. The predicted molar refractivity (Wildman–Crippen MR) is 118 cm³/mol. The number of sulfonamides is 1. The van der Waals surface area contributed by atoms with Gasteiger partial charge in [-0.2, -0.15) is 5.10 Å². The molecular weight excluding hydrogens is 432 g/mol. The Morgan fingerprint density at radius 3 is 2.59 bits per heavy atom. The van der Waals surface area contributed by atoms with Gasteiger partial charge >= 0.3 is 0 Å². The Morgan fingerprint density at radius 2 is 1.84 bits per heavy atom. The van der Waals surface area contributed by atoms with E-state index in [1.807, 2.05) is 0 Å². The van der Waals surface area contributed by atoms with Crippen molar-refractivity contribution >= 4 is 32.4 Å². The summed E-state index contributed by atoms with van der Waals surface area (Å²) in [6, 6.07) is 16.2. The third-order valence-corrected chi connectivity index (χ3v) is 6.20. The number of aryl methyl sites for hydroxylation is 1. The number of benzene rings is 2. The number of aromatic nitrogens is 2. The highest BCUT2D eigenvalue weighted by atomic mass is 32.2. The van der Waals surface area contributed by atoms with Crippen molar-refractivity contribution in [3.8, 4) is 0 Å². The molecule has 0 aliphatic carbocycles. The number of fused-ring (bicyclic) bond motifs is 1. The Kier molecular flexibility index (Phi) is 5.89. The van der Waals surface area contributed by atoms with Crippen molar-refractivity contribution < 1.29 is 17.6 Å². The van der Waals surface area contributed by atoms with Crippen LogP contribution in [-0.2, 0) is 34.8 Å². The average Bonchev–Trinajstić information content (AvgIpc) is 3.30. The van der Waals surface area contributed by atoms with E-state index in [1.165, 1.54) is 36.2 Å². The Labute approximate surface area is 183 Å². The highest BCUT2D eigenvalue weighted by Crippen LogP contribution is 2.18. The fourth-order valence-corrected chi connectivity index (χ4v) is 4.31. The molecule has 2 aromatic heterocycles. The van der Waals surface area contributed by atoms with Gasteiger partial charge in [0.15, 0.2) is 0 Å². The van der Waals surface area contributed by atoms with Crippen molar-refractivity contribution in [3.05, 3.63) is 88.7 Å². The number of nitrogens with zero attached hydrogens (tertiary/aromatic N) is 2. The van der Waals surface area contributed by atoms with Crippen LogP contribution < -0.4 is 15.6 Å². The molecule has 2 heterocycles. The highest BCUT2D eigenvalue weighted by molar-refractivity contribution is 7.89. The van der Waals surface area contributed by atoms with Crippen molar-refractivity contribution in [3.63, 3.8) is 0 Å². The molecule has 0 saturated heterocycles. The van der Waals surface area contributed by atoms with E-state index in [4.69, 9.17) is 4.42 Å². The molecule has 0 aliphatic heterocycles. The second kappa shape index (κ2) is 8.77. The molecule has 2 aromatic carbocycles. The van der Waals surface area contributed by atoms with Crippen molar-refractivity contribution in [2.45, 2.75) is 17.9 Å². The third kappa shape index (κ3) is 4.61. The zero-order chi connectivity index (χ0) is 22.7. The minimum absolute atomic E-state index is 0.00698. The van der Waals surface area contributed by atoms with E-state index >= 15 is 0 Å². The average molecular weight is 452 g/mol. The van der Waals surface area contributed by atoms with Crippen LogP contribution in [0.25, 0.3) is 10.8 Å². The van der Waals surface area contributed by atoms with Gasteiger partial charge in [-0.1, -0.05) is 24.3 Å². The third-order valence-electron chi connectivity index (χ3n) is 4.81. The molecule has 0 spiro atoms. The van der Waals surface area contributed by atoms with Crippen molar-refractivity contribution in [1.29, 1.82) is 0 Å². The lowest BCUT2D eigenvalue weighted by Gasteiger charge is -2.10. The molecular formula is C22H20N4O5S. The number of amides is 1. The van der Waals surface area contributed by atoms with Gasteiger partial charge in [-0.3, -0.25) is 9.59 Å². The first-order valence-electron chi connectivity index (χ1n) is 9.70. The Bertz CT molecular complexity index is 1440. The molecule has 4 rings (SSSR count). The van der Waals surface area contributed by atoms with E-state index in [1.54, 1.807) is 42.5 Å². The molecule has 0 unspecified atom stereocenters. The number of hydrogen-bond donors (Lipinski definition) is 2. The van der Waals surface area contributed by atoms with Gasteiger partial charge in [-0.15, -0.1) is 0 Å². The Morgan fingerprint density at radius 1 is 1.06 bits per heavy atom. The van der Waals surface area contributed by atoms with Gasteiger partial charge in [0.1, 0.15) is 5.76 Å². The smallest absolute Gasteiger partial charge is 0.274 e. The summed E-state index contributed by atoms with van der Waals surface area (Å²) < 4.78 is 33.9. The molecule has 164 valence electrons. The molecule has 9 nitrogen and oxygen atoms in total. The molecule has 4 aromatic rings. The standard InChI is InChI=1S/C22H20N4O5S/c1-26-22(28)19-10-3-2-9-18(19)20(25-26)13-21(27)24-15-6-4-8-17(12-15)32(29,30)23-14-16-7-5-11-31-16/h2-12,23H,13-14H2,1H3,(H,24,27). The van der Waals surface area contributed by atoms with Crippen LogP contribution in [0.5, 0.6) is 0 Å². The number of anilines is 1. The van der Waals surface area contributed by atoms with Crippen LogP contribution in [0.4, 0.5) is 5.69 Å². The number of rotatable bonds is 7. The molecule has 32 heavy (non-hydrogen) atoms. The molecule has 10 heteroatoms.